The Hall–Kier alpha value is -0.313. The zero-order chi connectivity index (χ0) is 12.4. The first-order valence-corrected chi connectivity index (χ1v) is 9.10. The summed E-state index contributed by atoms with van der Waals surface area (Å²) in [7, 11) is -2.12. The van der Waals surface area contributed by atoms with Gasteiger partial charge in [0.15, 0.2) is 8.32 Å². The number of hydrogen-bond donors (Lipinski definition) is 1. The molecule has 1 aromatic carbocycles. The summed E-state index contributed by atoms with van der Waals surface area (Å²) in [6, 6.07) is 8.34. The van der Waals surface area contributed by atoms with Crippen molar-refractivity contribution in [3.8, 4) is 0 Å². The van der Waals surface area contributed by atoms with E-state index in [0.29, 0.717) is 5.88 Å². The Labute approximate surface area is 105 Å². The second kappa shape index (κ2) is 4.90. The molecule has 0 unspecified atom stereocenters. The summed E-state index contributed by atoms with van der Waals surface area (Å²) >= 11 is 5.75. The normalized spacial score (nSPS) is 12.9. The first-order chi connectivity index (χ1) is 7.26. The molecule has 0 aromatic heterocycles. The van der Waals surface area contributed by atoms with Crippen molar-refractivity contribution < 1.29 is 4.80 Å². The lowest BCUT2D eigenvalue weighted by Gasteiger charge is -2.35. The maximum absolute atomic E-state index is 10.2. The number of rotatable bonds is 4. The molecule has 16 heavy (non-hydrogen) atoms. The van der Waals surface area contributed by atoms with Gasteiger partial charge >= 0.3 is 0 Å². The van der Waals surface area contributed by atoms with Gasteiger partial charge in [0.05, 0.1) is 0 Å². The minimum absolute atomic E-state index is 0.00448. The van der Waals surface area contributed by atoms with Gasteiger partial charge in [-0.2, -0.15) is 0 Å². The summed E-state index contributed by atoms with van der Waals surface area (Å²) < 4.78 is 0. The van der Waals surface area contributed by atoms with Gasteiger partial charge in [-0.05, 0) is 35.7 Å². The van der Waals surface area contributed by atoms with Crippen LogP contribution in [0.3, 0.4) is 0 Å². The molecule has 0 radical (unpaired) electrons. The summed E-state index contributed by atoms with van der Waals surface area (Å²) in [5, 5.41) is -0.00448. The molecular formula is C13H21ClOSi. The fraction of sp³-hybridized carbons (Fsp3) is 0.538. The molecule has 1 aromatic rings. The second-order valence-electron chi connectivity index (χ2n) is 5.57. The van der Waals surface area contributed by atoms with E-state index in [-0.39, 0.29) is 5.04 Å². The molecule has 0 atom stereocenters. The van der Waals surface area contributed by atoms with Gasteiger partial charge in [0.1, 0.15) is 0 Å². The van der Waals surface area contributed by atoms with E-state index >= 15 is 0 Å². The van der Waals surface area contributed by atoms with Crippen molar-refractivity contribution in [3.05, 3.63) is 35.4 Å². The summed E-state index contributed by atoms with van der Waals surface area (Å²) in [4.78, 5) is 10.2. The molecule has 0 bridgehead atoms. The number of alkyl halides is 1. The number of halogens is 1. The Morgan fingerprint density at radius 1 is 1.12 bits per heavy atom. The molecule has 0 spiro atoms. The van der Waals surface area contributed by atoms with Crippen LogP contribution in [-0.4, -0.2) is 13.1 Å². The van der Waals surface area contributed by atoms with Crippen LogP contribution in [0.1, 0.15) is 25.0 Å². The number of benzene rings is 1. The smallest absolute Gasteiger partial charge is 0.188 e. The average molecular weight is 257 g/mol. The summed E-state index contributed by atoms with van der Waals surface area (Å²) in [6.45, 7) is 8.30. The molecule has 0 saturated carbocycles. The van der Waals surface area contributed by atoms with Crippen LogP contribution < -0.4 is 0 Å². The highest BCUT2D eigenvalue weighted by atomic mass is 35.5. The average Bonchev–Trinajstić information content (AvgIpc) is 2.16. The van der Waals surface area contributed by atoms with Crippen LogP contribution in [0.25, 0.3) is 0 Å². The summed E-state index contributed by atoms with van der Waals surface area (Å²) in [6.07, 6.45) is 0.922. The Morgan fingerprint density at radius 2 is 1.56 bits per heavy atom. The SMILES string of the molecule is CC(C)(Cc1ccc(CCl)cc1)[Si](C)(C)O. The van der Waals surface area contributed by atoms with Crippen LogP contribution in [0.5, 0.6) is 0 Å². The Balaban J connectivity index is 2.80. The molecule has 0 aliphatic heterocycles. The molecule has 0 heterocycles. The largest absolute Gasteiger partial charge is 0.432 e. The van der Waals surface area contributed by atoms with Crippen molar-refractivity contribution in [2.45, 2.75) is 44.3 Å². The van der Waals surface area contributed by atoms with Gasteiger partial charge in [-0.3, -0.25) is 0 Å². The molecule has 1 N–H and O–H groups in total. The molecule has 0 amide bonds. The van der Waals surface area contributed by atoms with Crippen LogP contribution >= 0.6 is 11.6 Å². The Bertz CT molecular complexity index is 338. The fourth-order valence-electron chi connectivity index (χ4n) is 1.47. The molecule has 0 aliphatic carbocycles. The van der Waals surface area contributed by atoms with Gasteiger partial charge in [0, 0.05) is 5.88 Å². The predicted molar refractivity (Wildman–Crippen MR) is 73.4 cm³/mol. The Kier molecular flexibility index (Phi) is 4.21. The lowest BCUT2D eigenvalue weighted by molar-refractivity contribution is 0.467. The minimum atomic E-state index is -2.12. The van der Waals surface area contributed by atoms with Crippen LogP contribution in [0.15, 0.2) is 24.3 Å². The third-order valence-electron chi connectivity index (χ3n) is 3.48. The second-order valence-corrected chi connectivity index (χ2v) is 10.3. The van der Waals surface area contributed by atoms with E-state index in [1.54, 1.807) is 0 Å². The summed E-state index contributed by atoms with van der Waals surface area (Å²) in [5.74, 6) is 0.559. The van der Waals surface area contributed by atoms with E-state index in [9.17, 15) is 4.80 Å². The van der Waals surface area contributed by atoms with Crippen molar-refractivity contribution in [2.24, 2.45) is 0 Å². The molecule has 0 saturated heterocycles. The topological polar surface area (TPSA) is 20.2 Å². The molecular weight excluding hydrogens is 236 g/mol. The third-order valence-corrected chi connectivity index (χ3v) is 7.28. The predicted octanol–water partition coefficient (Wildman–Crippen LogP) is 3.95. The lowest BCUT2D eigenvalue weighted by atomic mass is 10.0. The highest BCUT2D eigenvalue weighted by Gasteiger charge is 2.37. The molecule has 1 rings (SSSR count). The lowest BCUT2D eigenvalue weighted by Crippen LogP contribution is -2.40. The van der Waals surface area contributed by atoms with Gasteiger partial charge in [-0.25, -0.2) is 0 Å². The monoisotopic (exact) mass is 256 g/mol. The summed E-state index contributed by atoms with van der Waals surface area (Å²) in [5.41, 5.74) is 2.41. The van der Waals surface area contributed by atoms with E-state index < -0.39 is 8.32 Å². The maximum Gasteiger partial charge on any atom is 0.188 e. The molecule has 0 aliphatic rings. The standard InChI is InChI=1S/C13H21ClOSi/c1-13(2,16(3,4)15)9-11-5-7-12(10-14)8-6-11/h5-8,15H,9-10H2,1-4H3. The highest BCUT2D eigenvalue weighted by Crippen LogP contribution is 2.38. The zero-order valence-electron chi connectivity index (χ0n) is 10.5. The van der Waals surface area contributed by atoms with E-state index in [4.69, 9.17) is 11.6 Å². The Morgan fingerprint density at radius 3 is 1.94 bits per heavy atom. The van der Waals surface area contributed by atoms with Crippen molar-refractivity contribution in [1.29, 1.82) is 0 Å². The third kappa shape index (κ3) is 3.34. The number of hydrogen-bond acceptors (Lipinski definition) is 1. The first kappa shape index (κ1) is 13.8. The van der Waals surface area contributed by atoms with Crippen LogP contribution in [-0.2, 0) is 12.3 Å². The van der Waals surface area contributed by atoms with Crippen molar-refractivity contribution in [2.75, 3.05) is 0 Å². The van der Waals surface area contributed by atoms with Crippen molar-refractivity contribution >= 4 is 19.9 Å². The quantitative estimate of drug-likeness (QED) is 0.639. The van der Waals surface area contributed by atoms with Crippen molar-refractivity contribution in [3.63, 3.8) is 0 Å². The van der Waals surface area contributed by atoms with Crippen LogP contribution in [0, 0.1) is 0 Å². The van der Waals surface area contributed by atoms with E-state index in [1.807, 2.05) is 13.1 Å². The van der Waals surface area contributed by atoms with Gasteiger partial charge in [-0.15, -0.1) is 11.6 Å². The van der Waals surface area contributed by atoms with Gasteiger partial charge in [0.25, 0.3) is 0 Å². The first-order valence-electron chi connectivity index (χ1n) is 5.62. The van der Waals surface area contributed by atoms with E-state index in [1.165, 1.54) is 5.56 Å². The fourth-order valence-corrected chi connectivity index (χ4v) is 2.29. The zero-order valence-corrected chi connectivity index (χ0v) is 12.3. The maximum atomic E-state index is 10.2. The molecule has 90 valence electrons. The van der Waals surface area contributed by atoms with Crippen LogP contribution in [0.2, 0.25) is 18.1 Å². The minimum Gasteiger partial charge on any atom is -0.432 e. The highest BCUT2D eigenvalue weighted by molar-refractivity contribution is 6.72. The van der Waals surface area contributed by atoms with Crippen LogP contribution in [0.4, 0.5) is 0 Å². The van der Waals surface area contributed by atoms with E-state index in [2.05, 4.69) is 38.1 Å². The molecule has 3 heteroatoms. The van der Waals surface area contributed by atoms with Gasteiger partial charge in [-0.1, -0.05) is 38.1 Å². The van der Waals surface area contributed by atoms with Crippen molar-refractivity contribution in [1.82, 2.24) is 0 Å². The van der Waals surface area contributed by atoms with Gasteiger partial charge < -0.3 is 4.80 Å². The molecule has 1 nitrogen and oxygen atoms in total. The van der Waals surface area contributed by atoms with Gasteiger partial charge in [0.2, 0.25) is 0 Å². The molecule has 0 fully saturated rings. The van der Waals surface area contributed by atoms with E-state index in [0.717, 1.165) is 12.0 Å².